The highest BCUT2D eigenvalue weighted by atomic mass is 32.2. The molecule has 0 aliphatic rings. The van der Waals surface area contributed by atoms with E-state index in [0.717, 1.165) is 0 Å². The van der Waals surface area contributed by atoms with Crippen molar-refractivity contribution in [3.8, 4) is 0 Å². The Morgan fingerprint density at radius 2 is 1.90 bits per heavy atom. The second-order valence-electron chi connectivity index (χ2n) is 3.74. The first kappa shape index (κ1) is 16.4. The van der Waals surface area contributed by atoms with E-state index in [0.29, 0.717) is 19.2 Å². The first-order chi connectivity index (χ1) is 9.29. The van der Waals surface area contributed by atoms with Crippen molar-refractivity contribution < 1.29 is 22.1 Å². The zero-order valence-corrected chi connectivity index (χ0v) is 11.3. The fourth-order valence-corrected chi connectivity index (χ4v) is 2.50. The van der Waals surface area contributed by atoms with E-state index >= 15 is 0 Å². The van der Waals surface area contributed by atoms with Crippen LogP contribution in [0.4, 0.5) is 14.5 Å². The van der Waals surface area contributed by atoms with Crippen LogP contribution in [-0.2, 0) is 10.0 Å². The Morgan fingerprint density at radius 3 is 2.45 bits per heavy atom. The van der Waals surface area contributed by atoms with Crippen LogP contribution < -0.4 is 10.0 Å². The van der Waals surface area contributed by atoms with Crippen LogP contribution in [0.2, 0.25) is 0 Å². The zero-order valence-electron chi connectivity index (χ0n) is 10.5. The lowest BCUT2D eigenvalue weighted by Crippen LogP contribution is -2.32. The molecule has 20 heavy (non-hydrogen) atoms. The summed E-state index contributed by atoms with van der Waals surface area (Å²) in [7, 11) is -4.28. The number of benzene rings is 1. The molecule has 0 saturated heterocycles. The van der Waals surface area contributed by atoms with Gasteiger partial charge >= 0.3 is 5.69 Å². The molecule has 0 atom stereocenters. The number of hydrogen-bond donors (Lipinski definition) is 2. The normalized spacial score (nSPS) is 11.6. The standard InChI is InChI=1S/C10H13F2N3O4S/c1-2-13-3-4-14-20(18,19)10-6-9(15(16)17)7(11)5-8(10)12/h5-6,13-14H,2-4H2,1H3. The number of halogens is 2. The van der Waals surface area contributed by atoms with Crippen molar-refractivity contribution in [3.63, 3.8) is 0 Å². The minimum Gasteiger partial charge on any atom is -0.316 e. The van der Waals surface area contributed by atoms with Gasteiger partial charge < -0.3 is 5.32 Å². The molecule has 0 unspecified atom stereocenters. The fourth-order valence-electron chi connectivity index (χ4n) is 1.39. The largest absolute Gasteiger partial charge is 0.316 e. The van der Waals surface area contributed by atoms with Gasteiger partial charge in [0.05, 0.1) is 4.92 Å². The van der Waals surface area contributed by atoms with Crippen LogP contribution >= 0.6 is 0 Å². The van der Waals surface area contributed by atoms with Crippen molar-refractivity contribution in [2.24, 2.45) is 0 Å². The lowest BCUT2D eigenvalue weighted by atomic mass is 10.3. The van der Waals surface area contributed by atoms with Gasteiger partial charge in [-0.15, -0.1) is 0 Å². The number of hydrogen-bond acceptors (Lipinski definition) is 5. The van der Waals surface area contributed by atoms with E-state index in [-0.39, 0.29) is 12.6 Å². The van der Waals surface area contributed by atoms with Gasteiger partial charge in [0.15, 0.2) is 0 Å². The molecule has 0 aliphatic heterocycles. The summed E-state index contributed by atoms with van der Waals surface area (Å²) in [6, 6.07) is 0.539. The van der Waals surface area contributed by atoms with Gasteiger partial charge in [-0.2, -0.15) is 4.39 Å². The zero-order chi connectivity index (χ0) is 15.3. The molecule has 0 fully saturated rings. The predicted octanol–water partition coefficient (Wildman–Crippen LogP) is 0.761. The maximum Gasteiger partial charge on any atom is 0.306 e. The summed E-state index contributed by atoms with van der Waals surface area (Å²) in [6.07, 6.45) is 0. The van der Waals surface area contributed by atoms with Crippen molar-refractivity contribution in [1.29, 1.82) is 0 Å². The van der Waals surface area contributed by atoms with E-state index in [1.807, 2.05) is 6.92 Å². The Bertz CT molecular complexity index is 607. The third-order valence-electron chi connectivity index (χ3n) is 2.33. The quantitative estimate of drug-likeness (QED) is 0.440. The smallest absolute Gasteiger partial charge is 0.306 e. The third-order valence-corrected chi connectivity index (χ3v) is 3.81. The van der Waals surface area contributed by atoms with Crippen LogP contribution in [0.1, 0.15) is 6.92 Å². The van der Waals surface area contributed by atoms with Crippen molar-refractivity contribution in [2.75, 3.05) is 19.6 Å². The van der Waals surface area contributed by atoms with Crippen molar-refractivity contribution in [2.45, 2.75) is 11.8 Å². The number of rotatable bonds is 7. The van der Waals surface area contributed by atoms with Crippen LogP contribution in [0.3, 0.4) is 0 Å². The van der Waals surface area contributed by atoms with Crippen molar-refractivity contribution in [1.82, 2.24) is 10.0 Å². The Kier molecular flexibility index (Phi) is 5.48. The van der Waals surface area contributed by atoms with E-state index in [2.05, 4.69) is 10.0 Å². The summed E-state index contributed by atoms with van der Waals surface area (Å²) >= 11 is 0. The van der Waals surface area contributed by atoms with Crippen LogP contribution in [0.15, 0.2) is 17.0 Å². The fraction of sp³-hybridized carbons (Fsp3) is 0.400. The molecule has 0 bridgehead atoms. The molecule has 1 aromatic rings. The van der Waals surface area contributed by atoms with Crippen LogP contribution in [0, 0.1) is 21.7 Å². The molecule has 1 aromatic carbocycles. The Hall–Kier alpha value is -1.65. The summed E-state index contributed by atoms with van der Waals surface area (Å²) in [5, 5.41) is 13.4. The van der Waals surface area contributed by atoms with Gasteiger partial charge in [0.1, 0.15) is 10.7 Å². The number of nitrogens with one attached hydrogen (secondary N) is 2. The summed E-state index contributed by atoms with van der Waals surface area (Å²) in [6.45, 7) is 2.72. The van der Waals surface area contributed by atoms with Crippen LogP contribution in [-0.4, -0.2) is 33.0 Å². The summed E-state index contributed by atoms with van der Waals surface area (Å²) in [4.78, 5) is 8.45. The molecule has 0 aliphatic carbocycles. The molecule has 2 N–H and O–H groups in total. The predicted molar refractivity (Wildman–Crippen MR) is 66.7 cm³/mol. The highest BCUT2D eigenvalue weighted by Crippen LogP contribution is 2.24. The molecule has 0 heterocycles. The first-order valence-electron chi connectivity index (χ1n) is 5.63. The van der Waals surface area contributed by atoms with E-state index in [4.69, 9.17) is 0 Å². The van der Waals surface area contributed by atoms with E-state index < -0.39 is 37.2 Å². The molecule has 1 rings (SSSR count). The Morgan fingerprint density at radius 1 is 1.25 bits per heavy atom. The van der Waals surface area contributed by atoms with Crippen molar-refractivity contribution in [3.05, 3.63) is 33.9 Å². The maximum atomic E-state index is 13.5. The molecule has 112 valence electrons. The lowest BCUT2D eigenvalue weighted by molar-refractivity contribution is -0.387. The minimum absolute atomic E-state index is 0.0270. The van der Waals surface area contributed by atoms with Gasteiger partial charge in [-0.1, -0.05) is 6.92 Å². The minimum atomic E-state index is -4.28. The summed E-state index contributed by atoms with van der Waals surface area (Å²) in [5.41, 5.74) is -1.10. The summed E-state index contributed by atoms with van der Waals surface area (Å²) in [5.74, 6) is -2.82. The third kappa shape index (κ3) is 3.92. The molecule has 10 heteroatoms. The second-order valence-corrected chi connectivity index (χ2v) is 5.48. The number of likely N-dealkylation sites (N-methyl/N-ethyl adjacent to an activating group) is 1. The maximum absolute atomic E-state index is 13.5. The molecule has 0 amide bonds. The Balaban J connectivity index is 3.05. The molecule has 0 spiro atoms. The van der Waals surface area contributed by atoms with E-state index in [1.54, 1.807) is 0 Å². The number of nitro benzene ring substituents is 1. The van der Waals surface area contributed by atoms with Crippen LogP contribution in [0.25, 0.3) is 0 Å². The van der Waals surface area contributed by atoms with Gasteiger partial charge in [0.25, 0.3) is 0 Å². The molecular weight excluding hydrogens is 296 g/mol. The van der Waals surface area contributed by atoms with E-state index in [9.17, 15) is 27.3 Å². The molecule has 7 nitrogen and oxygen atoms in total. The number of sulfonamides is 1. The number of nitrogens with zero attached hydrogens (tertiary/aromatic N) is 1. The Labute approximate surface area is 114 Å². The highest BCUT2D eigenvalue weighted by Gasteiger charge is 2.25. The van der Waals surface area contributed by atoms with E-state index in [1.165, 1.54) is 0 Å². The second kappa shape index (κ2) is 6.68. The molecule has 0 saturated carbocycles. The average molecular weight is 309 g/mol. The molecular formula is C10H13F2N3O4S. The average Bonchev–Trinajstić information content (AvgIpc) is 2.33. The van der Waals surface area contributed by atoms with Crippen LogP contribution in [0.5, 0.6) is 0 Å². The SMILES string of the molecule is CCNCCNS(=O)(=O)c1cc([N+](=O)[O-])c(F)cc1F. The van der Waals surface area contributed by atoms with Crippen molar-refractivity contribution >= 4 is 15.7 Å². The van der Waals surface area contributed by atoms with Gasteiger partial charge in [-0.05, 0) is 6.54 Å². The lowest BCUT2D eigenvalue weighted by Gasteiger charge is -2.08. The van der Waals surface area contributed by atoms with Gasteiger partial charge in [-0.3, -0.25) is 10.1 Å². The highest BCUT2D eigenvalue weighted by molar-refractivity contribution is 7.89. The topological polar surface area (TPSA) is 101 Å². The van der Waals surface area contributed by atoms with Gasteiger partial charge in [0, 0.05) is 25.2 Å². The molecule has 0 aromatic heterocycles. The monoisotopic (exact) mass is 309 g/mol. The first-order valence-corrected chi connectivity index (χ1v) is 7.11. The number of nitro groups is 1. The molecule has 0 radical (unpaired) electrons. The van der Waals surface area contributed by atoms with Gasteiger partial charge in [-0.25, -0.2) is 17.5 Å². The van der Waals surface area contributed by atoms with Gasteiger partial charge in [0.2, 0.25) is 15.8 Å². The summed E-state index contributed by atoms with van der Waals surface area (Å²) < 4.78 is 52.2.